The van der Waals surface area contributed by atoms with Crippen LogP contribution < -0.4 is 16.0 Å². The van der Waals surface area contributed by atoms with E-state index in [2.05, 4.69) is 15.4 Å². The minimum Gasteiger partial charge on any atom is -0.459 e. The van der Waals surface area contributed by atoms with Gasteiger partial charge in [-0.25, -0.2) is 10.5 Å². The number of hydrogen-bond donors (Lipinski definition) is 3. The molecule has 0 saturated heterocycles. The average Bonchev–Trinajstić information content (AvgIpc) is 2.66. The van der Waals surface area contributed by atoms with Gasteiger partial charge in [0.1, 0.15) is 24.1 Å². The Morgan fingerprint density at radius 2 is 2.10 bits per heavy atom. The Morgan fingerprint density at radius 3 is 2.72 bits per heavy atom. The number of nitrogen functional groups attached to an aromatic ring is 1. The number of nitriles is 2. The van der Waals surface area contributed by atoms with Gasteiger partial charge in [-0.15, -0.1) is 0 Å². The van der Waals surface area contributed by atoms with Crippen molar-refractivity contribution < 1.29 is 19.5 Å². The molecule has 29 heavy (non-hydrogen) atoms. The van der Waals surface area contributed by atoms with Crippen LogP contribution in [0.1, 0.15) is 36.7 Å². The van der Waals surface area contributed by atoms with E-state index in [4.69, 9.17) is 25.8 Å². The van der Waals surface area contributed by atoms with Crippen molar-refractivity contribution in [2.75, 3.05) is 12.3 Å². The van der Waals surface area contributed by atoms with E-state index >= 15 is 0 Å². The summed E-state index contributed by atoms with van der Waals surface area (Å²) in [4.78, 5) is 25.8. The first-order valence-electron chi connectivity index (χ1n) is 8.53. The molecule has 2 aromatic rings. The van der Waals surface area contributed by atoms with E-state index in [1.54, 1.807) is 24.3 Å². The van der Waals surface area contributed by atoms with E-state index in [-0.39, 0.29) is 29.7 Å². The van der Waals surface area contributed by atoms with E-state index in [9.17, 15) is 9.90 Å². The molecule has 0 aliphatic rings. The van der Waals surface area contributed by atoms with Gasteiger partial charge in [-0.05, 0) is 32.9 Å². The van der Waals surface area contributed by atoms with Gasteiger partial charge in [0.05, 0.1) is 17.2 Å². The Bertz CT molecular complexity index is 988. The Kier molecular flexibility index (Phi) is 6.67. The molecule has 1 amide bonds. The monoisotopic (exact) mass is 396 g/mol. The Balaban J connectivity index is 2.43. The molecule has 2 rings (SSSR count). The number of aromatic nitrogens is 2. The van der Waals surface area contributed by atoms with Gasteiger partial charge < -0.3 is 15.6 Å². The Labute approximate surface area is 167 Å². The zero-order valence-electron chi connectivity index (χ0n) is 16.1. The highest BCUT2D eigenvalue weighted by Gasteiger charge is 2.24. The molecule has 10 heteroatoms. The van der Waals surface area contributed by atoms with Crippen LogP contribution in [0.15, 0.2) is 24.3 Å². The smallest absolute Gasteiger partial charge is 0.284 e. The maximum atomic E-state index is 12.5. The van der Waals surface area contributed by atoms with Crippen LogP contribution in [-0.4, -0.2) is 39.3 Å². The highest BCUT2D eigenvalue weighted by atomic mass is 16.7. The lowest BCUT2D eigenvalue weighted by molar-refractivity contribution is -0.0523. The molecule has 0 radical (unpaired) electrons. The van der Waals surface area contributed by atoms with Crippen LogP contribution in [-0.2, 0) is 4.84 Å². The number of carbonyl (C=O) groups is 1. The molecule has 1 atom stereocenters. The molecule has 0 fully saturated rings. The van der Waals surface area contributed by atoms with Gasteiger partial charge >= 0.3 is 0 Å². The summed E-state index contributed by atoms with van der Waals surface area (Å²) in [5, 5.41) is 27.8. The number of carbonyl (C=O) groups excluding carboxylic acids is 1. The molecule has 0 aliphatic carbocycles. The number of nitrogens with zero attached hydrogens (tertiary/aromatic N) is 4. The van der Waals surface area contributed by atoms with E-state index in [0.717, 1.165) is 0 Å². The molecule has 0 bridgehead atoms. The summed E-state index contributed by atoms with van der Waals surface area (Å²) in [7, 11) is 0. The summed E-state index contributed by atoms with van der Waals surface area (Å²) in [6.45, 7) is 4.30. The fourth-order valence-corrected chi connectivity index (χ4v) is 2.14. The van der Waals surface area contributed by atoms with Crippen LogP contribution in [0.5, 0.6) is 5.88 Å². The van der Waals surface area contributed by atoms with Gasteiger partial charge in [-0.2, -0.15) is 15.5 Å². The van der Waals surface area contributed by atoms with Crippen molar-refractivity contribution in [3.05, 3.63) is 35.4 Å². The maximum absolute atomic E-state index is 12.5. The number of aliphatic hydroxyl groups is 1. The first-order valence-corrected chi connectivity index (χ1v) is 8.53. The van der Waals surface area contributed by atoms with Gasteiger partial charge in [0.2, 0.25) is 5.88 Å². The number of amides is 1. The average molecular weight is 396 g/mol. The van der Waals surface area contributed by atoms with Gasteiger partial charge in [0, 0.05) is 5.56 Å². The van der Waals surface area contributed by atoms with Crippen molar-refractivity contribution in [1.82, 2.24) is 15.4 Å². The second-order valence-electron chi connectivity index (χ2n) is 6.73. The fourth-order valence-electron chi connectivity index (χ4n) is 2.14. The number of anilines is 1. The number of benzene rings is 1. The number of rotatable bonds is 7. The zero-order valence-corrected chi connectivity index (χ0v) is 16.1. The molecule has 1 heterocycles. The van der Waals surface area contributed by atoms with E-state index in [1.807, 2.05) is 12.1 Å². The normalized spacial score (nSPS) is 11.8. The number of ether oxygens (including phenoxy) is 1. The van der Waals surface area contributed by atoms with Crippen molar-refractivity contribution in [2.45, 2.75) is 32.5 Å². The van der Waals surface area contributed by atoms with E-state index < -0.39 is 17.6 Å². The molecule has 1 aromatic heterocycles. The van der Waals surface area contributed by atoms with Gasteiger partial charge in [-0.1, -0.05) is 12.1 Å². The van der Waals surface area contributed by atoms with Crippen LogP contribution in [0.4, 0.5) is 5.82 Å². The van der Waals surface area contributed by atoms with Crippen molar-refractivity contribution in [3.8, 4) is 29.4 Å². The molecule has 150 valence electrons. The molecule has 10 nitrogen and oxygen atoms in total. The second kappa shape index (κ2) is 8.97. The van der Waals surface area contributed by atoms with Crippen LogP contribution in [0.2, 0.25) is 0 Å². The number of nitrogens with two attached hydrogens (primary N) is 1. The Morgan fingerprint density at radius 1 is 1.38 bits per heavy atom. The molecule has 0 saturated carbocycles. The van der Waals surface area contributed by atoms with Crippen LogP contribution in [0.25, 0.3) is 11.4 Å². The maximum Gasteiger partial charge on any atom is 0.284 e. The summed E-state index contributed by atoms with van der Waals surface area (Å²) >= 11 is 0. The van der Waals surface area contributed by atoms with E-state index in [1.165, 1.54) is 20.8 Å². The predicted molar refractivity (Wildman–Crippen MR) is 102 cm³/mol. The summed E-state index contributed by atoms with van der Waals surface area (Å²) in [6, 6.07) is 10.4. The summed E-state index contributed by atoms with van der Waals surface area (Å²) < 4.78 is 5.44. The number of hydroxylamine groups is 1. The summed E-state index contributed by atoms with van der Waals surface area (Å²) in [5.74, 6) is -1.10. The molecular formula is C19H20N6O4. The minimum atomic E-state index is -1.17. The van der Waals surface area contributed by atoms with Crippen molar-refractivity contribution in [2.24, 2.45) is 0 Å². The zero-order chi connectivity index (χ0) is 21.6. The first kappa shape index (κ1) is 21.6. The van der Waals surface area contributed by atoms with Crippen molar-refractivity contribution in [3.63, 3.8) is 0 Å². The van der Waals surface area contributed by atoms with Crippen LogP contribution in [0, 0.1) is 22.7 Å². The largest absolute Gasteiger partial charge is 0.459 e. The number of nitrogens with one attached hydrogen (secondary N) is 1. The van der Waals surface area contributed by atoms with Gasteiger partial charge in [-0.3, -0.25) is 9.63 Å². The quantitative estimate of drug-likeness (QED) is 0.584. The lowest BCUT2D eigenvalue weighted by Crippen LogP contribution is -2.34. The lowest BCUT2D eigenvalue weighted by Gasteiger charge is -2.18. The topological polar surface area (TPSA) is 167 Å². The standard InChI is InChI=1S/C19H20N6O4/c1-11(8-20)29-18-14(17(26)25-28-10-19(2,3)27)15(22)23-16(24-18)13-6-4-5-12(7-13)9-21/h4-7,11,27H,10H2,1-3H3,(H,25,26)(H2,22,23,24). The first-order chi connectivity index (χ1) is 13.6. The highest BCUT2D eigenvalue weighted by Crippen LogP contribution is 2.27. The van der Waals surface area contributed by atoms with E-state index in [0.29, 0.717) is 11.1 Å². The summed E-state index contributed by atoms with van der Waals surface area (Å²) in [6.07, 6.45) is -0.925. The Hall–Kier alpha value is -3.73. The minimum absolute atomic E-state index is 0.119. The molecular weight excluding hydrogens is 376 g/mol. The van der Waals surface area contributed by atoms with Crippen LogP contribution >= 0.6 is 0 Å². The molecule has 4 N–H and O–H groups in total. The van der Waals surface area contributed by atoms with Crippen molar-refractivity contribution in [1.29, 1.82) is 10.5 Å². The molecule has 0 spiro atoms. The second-order valence-corrected chi connectivity index (χ2v) is 6.73. The summed E-state index contributed by atoms with van der Waals surface area (Å²) in [5.41, 5.74) is 7.59. The van der Waals surface area contributed by atoms with Gasteiger partial charge in [0.25, 0.3) is 5.91 Å². The predicted octanol–water partition coefficient (Wildman–Crippen LogP) is 1.32. The fraction of sp³-hybridized carbons (Fsp3) is 0.316. The lowest BCUT2D eigenvalue weighted by atomic mass is 10.1. The molecule has 0 aliphatic heterocycles. The highest BCUT2D eigenvalue weighted by molar-refractivity contribution is 6.00. The molecule has 1 aromatic carbocycles. The third kappa shape index (κ3) is 5.87. The van der Waals surface area contributed by atoms with Gasteiger partial charge in [0.15, 0.2) is 11.9 Å². The van der Waals surface area contributed by atoms with Crippen molar-refractivity contribution >= 4 is 11.7 Å². The molecule has 1 unspecified atom stereocenters. The third-order valence-corrected chi connectivity index (χ3v) is 3.44. The SMILES string of the molecule is CC(C#N)Oc1nc(-c2cccc(C#N)c2)nc(N)c1C(=O)NOCC(C)(C)O. The van der Waals surface area contributed by atoms with Crippen LogP contribution in [0.3, 0.4) is 0 Å². The third-order valence-electron chi connectivity index (χ3n) is 3.44. The number of hydrogen-bond acceptors (Lipinski definition) is 9.